The number of hydrogen-bond acceptors (Lipinski definition) is 2. The zero-order valence-corrected chi connectivity index (χ0v) is 16.4. The van der Waals surface area contributed by atoms with E-state index in [1.165, 1.54) is 16.3 Å². The summed E-state index contributed by atoms with van der Waals surface area (Å²) in [4.78, 5) is 13.9. The molecule has 1 aromatic heterocycles. The second kappa shape index (κ2) is 5.80. The summed E-state index contributed by atoms with van der Waals surface area (Å²) < 4.78 is 2.45. The lowest BCUT2D eigenvalue weighted by Crippen LogP contribution is -2.28. The van der Waals surface area contributed by atoms with Gasteiger partial charge in [0.25, 0.3) is 0 Å². The van der Waals surface area contributed by atoms with Gasteiger partial charge in [0.15, 0.2) is 5.78 Å². The Balaban J connectivity index is 2.18. The van der Waals surface area contributed by atoms with Crippen molar-refractivity contribution in [2.45, 2.75) is 64.0 Å². The summed E-state index contributed by atoms with van der Waals surface area (Å²) in [6.07, 6.45) is 1.58. The first-order valence-corrected chi connectivity index (χ1v) is 9.42. The molecule has 0 saturated carbocycles. The molecule has 0 N–H and O–H groups in total. The summed E-state index contributed by atoms with van der Waals surface area (Å²) in [6, 6.07) is 10.6. The molecule has 0 spiro atoms. The number of carbonyl (C=O) groups excluding carboxylic acids is 1. The highest BCUT2D eigenvalue weighted by molar-refractivity contribution is 8.00. The number of carbonyl (C=O) groups is 1. The highest BCUT2D eigenvalue weighted by Gasteiger charge is 2.34. The quantitative estimate of drug-likeness (QED) is 0.641. The number of Topliss-reactive ketones (excluding diaryl/α,β-unsaturated/α-hetero) is 1. The van der Waals surface area contributed by atoms with E-state index in [0.717, 1.165) is 17.7 Å². The van der Waals surface area contributed by atoms with Crippen LogP contribution in [-0.4, -0.2) is 15.1 Å². The molecule has 2 nitrogen and oxygen atoms in total. The third-order valence-electron chi connectivity index (χ3n) is 4.39. The van der Waals surface area contributed by atoms with Crippen molar-refractivity contribution in [1.82, 2.24) is 4.57 Å². The van der Waals surface area contributed by atoms with Gasteiger partial charge in [-0.05, 0) is 37.0 Å². The first-order valence-electron chi connectivity index (χ1n) is 8.60. The third-order valence-corrected chi connectivity index (χ3v) is 5.57. The van der Waals surface area contributed by atoms with Crippen LogP contribution in [0.5, 0.6) is 0 Å². The molecule has 128 valence electrons. The van der Waals surface area contributed by atoms with Crippen LogP contribution in [0.4, 0.5) is 0 Å². The maximum absolute atomic E-state index is 12.6. The topological polar surface area (TPSA) is 22.0 Å². The van der Waals surface area contributed by atoms with Gasteiger partial charge in [-0.3, -0.25) is 4.79 Å². The minimum Gasteiger partial charge on any atom is -0.316 e. The smallest absolute Gasteiger partial charge is 0.165 e. The fourth-order valence-corrected chi connectivity index (χ4v) is 4.62. The average Bonchev–Trinajstić information content (AvgIpc) is 2.73. The first kappa shape index (κ1) is 17.3. The Morgan fingerprint density at radius 3 is 2.46 bits per heavy atom. The molecule has 0 unspecified atom stereocenters. The van der Waals surface area contributed by atoms with Crippen molar-refractivity contribution >= 4 is 17.5 Å². The largest absolute Gasteiger partial charge is 0.316 e. The second-order valence-corrected chi connectivity index (χ2v) is 10.5. The summed E-state index contributed by atoms with van der Waals surface area (Å²) >= 11 is 1.88. The Morgan fingerprint density at radius 2 is 1.79 bits per heavy atom. The number of thioether (sulfide) groups is 1. The van der Waals surface area contributed by atoms with Gasteiger partial charge in [-0.15, -0.1) is 11.8 Å². The molecular weight excluding hydrogens is 314 g/mol. The Labute approximate surface area is 149 Å². The van der Waals surface area contributed by atoms with Gasteiger partial charge in [-0.2, -0.15) is 0 Å². The molecule has 1 aromatic carbocycles. The maximum atomic E-state index is 12.6. The summed E-state index contributed by atoms with van der Waals surface area (Å²) in [5.41, 5.74) is 4.46. The summed E-state index contributed by atoms with van der Waals surface area (Å²) in [5, 5.41) is 0. The van der Waals surface area contributed by atoms with Gasteiger partial charge in [0.2, 0.25) is 0 Å². The van der Waals surface area contributed by atoms with E-state index in [1.807, 2.05) is 11.8 Å². The molecule has 0 radical (unpaired) electrons. The SMILES string of the molecule is Cc1cc2c(n1-c1ccccc1SC(C)(C)C)CC(C)(C)CC2=O. The maximum Gasteiger partial charge on any atom is 0.165 e. The van der Waals surface area contributed by atoms with Crippen LogP contribution in [-0.2, 0) is 6.42 Å². The van der Waals surface area contributed by atoms with Crippen LogP contribution < -0.4 is 0 Å². The Kier molecular flexibility index (Phi) is 4.19. The van der Waals surface area contributed by atoms with Crippen LogP contribution in [0.15, 0.2) is 35.2 Å². The highest BCUT2D eigenvalue weighted by Crippen LogP contribution is 2.41. The molecular formula is C21H27NOS. The summed E-state index contributed by atoms with van der Waals surface area (Å²) in [6.45, 7) is 13.2. The van der Waals surface area contributed by atoms with E-state index in [9.17, 15) is 4.79 Å². The lowest BCUT2D eigenvalue weighted by atomic mass is 9.76. The molecule has 0 saturated heterocycles. The molecule has 0 bridgehead atoms. The van der Waals surface area contributed by atoms with E-state index < -0.39 is 0 Å². The number of nitrogens with zero attached hydrogens (tertiary/aromatic N) is 1. The normalized spacial score (nSPS) is 17.0. The molecule has 0 fully saturated rings. The number of rotatable bonds is 2. The van der Waals surface area contributed by atoms with Gasteiger partial charge < -0.3 is 4.57 Å². The third kappa shape index (κ3) is 3.32. The minimum atomic E-state index is 0.0265. The van der Waals surface area contributed by atoms with E-state index in [-0.39, 0.29) is 15.9 Å². The first-order chi connectivity index (χ1) is 11.1. The van der Waals surface area contributed by atoms with Crippen LogP contribution >= 0.6 is 11.8 Å². The van der Waals surface area contributed by atoms with Crippen LogP contribution in [0.25, 0.3) is 5.69 Å². The Morgan fingerprint density at radius 1 is 1.12 bits per heavy atom. The van der Waals surface area contributed by atoms with E-state index in [1.54, 1.807) is 0 Å². The fourth-order valence-electron chi connectivity index (χ4n) is 3.54. The van der Waals surface area contributed by atoms with Crippen LogP contribution in [0, 0.1) is 12.3 Å². The standard InChI is InChI=1S/C21H27NOS/c1-14-11-15-17(12-21(5,6)13-18(15)23)22(14)16-9-7-8-10-19(16)24-20(2,3)4/h7-11H,12-13H2,1-6H3. The van der Waals surface area contributed by atoms with Crippen molar-refractivity contribution in [2.75, 3.05) is 0 Å². The van der Waals surface area contributed by atoms with E-state index in [0.29, 0.717) is 6.42 Å². The molecule has 3 heteroatoms. The van der Waals surface area contributed by atoms with Crippen molar-refractivity contribution in [3.05, 3.63) is 47.3 Å². The van der Waals surface area contributed by atoms with E-state index in [4.69, 9.17) is 0 Å². The van der Waals surface area contributed by atoms with Crippen molar-refractivity contribution in [3.8, 4) is 5.69 Å². The number of aryl methyl sites for hydroxylation is 1. The molecule has 0 atom stereocenters. The molecule has 24 heavy (non-hydrogen) atoms. The summed E-state index contributed by atoms with van der Waals surface area (Å²) in [5.74, 6) is 0.282. The predicted molar refractivity (Wildman–Crippen MR) is 103 cm³/mol. The number of benzene rings is 1. The van der Waals surface area contributed by atoms with Crippen LogP contribution in [0.3, 0.4) is 0 Å². The van der Waals surface area contributed by atoms with Crippen LogP contribution in [0.1, 0.15) is 62.8 Å². The van der Waals surface area contributed by atoms with Gasteiger partial charge in [-0.1, -0.05) is 46.8 Å². The Hall–Kier alpha value is -1.48. The molecule has 3 rings (SSSR count). The molecule has 1 aliphatic rings. The monoisotopic (exact) mass is 341 g/mol. The molecule has 1 heterocycles. The van der Waals surface area contributed by atoms with Gasteiger partial charge >= 0.3 is 0 Å². The molecule has 0 aliphatic heterocycles. The summed E-state index contributed by atoms with van der Waals surface area (Å²) in [7, 11) is 0. The average molecular weight is 342 g/mol. The highest BCUT2D eigenvalue weighted by atomic mass is 32.2. The zero-order valence-electron chi connectivity index (χ0n) is 15.6. The molecule has 0 amide bonds. The number of aromatic nitrogens is 1. The number of fused-ring (bicyclic) bond motifs is 1. The lowest BCUT2D eigenvalue weighted by Gasteiger charge is -2.30. The fraction of sp³-hybridized carbons (Fsp3) is 0.476. The van der Waals surface area contributed by atoms with E-state index >= 15 is 0 Å². The van der Waals surface area contributed by atoms with E-state index in [2.05, 4.69) is 76.4 Å². The van der Waals surface area contributed by atoms with Gasteiger partial charge in [0, 0.05) is 33.0 Å². The lowest BCUT2D eigenvalue weighted by molar-refractivity contribution is 0.0911. The minimum absolute atomic E-state index is 0.0265. The number of para-hydroxylation sites is 1. The zero-order chi connectivity index (χ0) is 17.7. The molecule has 2 aromatic rings. The predicted octanol–water partition coefficient (Wildman–Crippen LogP) is 5.83. The number of hydrogen-bond donors (Lipinski definition) is 0. The van der Waals surface area contributed by atoms with Gasteiger partial charge in [0.1, 0.15) is 0 Å². The van der Waals surface area contributed by atoms with Gasteiger partial charge in [-0.25, -0.2) is 0 Å². The van der Waals surface area contributed by atoms with Crippen molar-refractivity contribution < 1.29 is 4.79 Å². The molecule has 1 aliphatic carbocycles. The Bertz CT molecular complexity index is 793. The van der Waals surface area contributed by atoms with Crippen LogP contribution in [0.2, 0.25) is 0 Å². The van der Waals surface area contributed by atoms with Gasteiger partial charge in [0.05, 0.1) is 5.69 Å². The van der Waals surface area contributed by atoms with Crippen molar-refractivity contribution in [2.24, 2.45) is 5.41 Å². The van der Waals surface area contributed by atoms with Crippen molar-refractivity contribution in [3.63, 3.8) is 0 Å². The second-order valence-electron chi connectivity index (χ2n) is 8.60. The number of ketones is 1. The van der Waals surface area contributed by atoms with Crippen molar-refractivity contribution in [1.29, 1.82) is 0 Å².